The first kappa shape index (κ1) is 13.4. The minimum absolute atomic E-state index is 0.0755. The highest BCUT2D eigenvalue weighted by atomic mass is 127. The normalized spacial score (nSPS) is 17.9. The van der Waals surface area contributed by atoms with Crippen LogP contribution in [0, 0.1) is 3.57 Å². The van der Waals surface area contributed by atoms with Crippen molar-refractivity contribution in [2.45, 2.75) is 18.9 Å². The van der Waals surface area contributed by atoms with Crippen LogP contribution < -0.4 is 10.1 Å². The highest BCUT2D eigenvalue weighted by Gasteiger charge is 2.24. The fourth-order valence-electron chi connectivity index (χ4n) is 2.28. The van der Waals surface area contributed by atoms with Crippen LogP contribution in [0.4, 0.5) is 5.69 Å². The number of carbonyl (C=O) groups excluding carboxylic acids is 1. The number of anilines is 1. The van der Waals surface area contributed by atoms with Gasteiger partial charge >= 0.3 is 0 Å². The second-order valence-corrected chi connectivity index (χ2v) is 5.99. The second kappa shape index (κ2) is 5.83. The summed E-state index contributed by atoms with van der Waals surface area (Å²) >= 11 is 2.24. The molecule has 0 bridgehead atoms. The molecule has 0 aromatic heterocycles. The van der Waals surface area contributed by atoms with E-state index in [0.29, 0.717) is 6.42 Å². The molecule has 20 heavy (non-hydrogen) atoms. The van der Waals surface area contributed by atoms with Gasteiger partial charge in [0.05, 0.1) is 0 Å². The van der Waals surface area contributed by atoms with Gasteiger partial charge in [-0.25, -0.2) is 0 Å². The van der Waals surface area contributed by atoms with Crippen LogP contribution in [-0.4, -0.2) is 12.0 Å². The van der Waals surface area contributed by atoms with Crippen molar-refractivity contribution in [2.75, 3.05) is 5.32 Å². The summed E-state index contributed by atoms with van der Waals surface area (Å²) in [7, 11) is 0. The number of para-hydroxylation sites is 1. The minimum atomic E-state index is -0.442. The molecule has 0 saturated heterocycles. The van der Waals surface area contributed by atoms with E-state index in [1.54, 1.807) is 0 Å². The van der Waals surface area contributed by atoms with Crippen LogP contribution in [0.5, 0.6) is 5.75 Å². The van der Waals surface area contributed by atoms with E-state index in [1.807, 2.05) is 48.5 Å². The molecule has 0 spiro atoms. The van der Waals surface area contributed by atoms with E-state index in [0.717, 1.165) is 27.0 Å². The number of carbonyl (C=O) groups is 1. The first-order valence-corrected chi connectivity index (χ1v) is 7.61. The Balaban J connectivity index is 1.76. The maximum Gasteiger partial charge on any atom is 0.265 e. The summed E-state index contributed by atoms with van der Waals surface area (Å²) in [6.45, 7) is 0. The third kappa shape index (κ3) is 2.95. The van der Waals surface area contributed by atoms with E-state index < -0.39 is 6.10 Å². The van der Waals surface area contributed by atoms with E-state index in [-0.39, 0.29) is 5.91 Å². The molecule has 1 aliphatic rings. The highest BCUT2D eigenvalue weighted by Crippen LogP contribution is 2.24. The first-order chi connectivity index (χ1) is 9.72. The Morgan fingerprint density at radius 1 is 1.10 bits per heavy atom. The number of fused-ring (bicyclic) bond motifs is 1. The number of hydrogen-bond acceptors (Lipinski definition) is 2. The molecule has 2 aromatic rings. The van der Waals surface area contributed by atoms with Crippen LogP contribution in [0.1, 0.15) is 12.0 Å². The van der Waals surface area contributed by atoms with Crippen molar-refractivity contribution >= 4 is 34.2 Å². The van der Waals surface area contributed by atoms with Crippen molar-refractivity contribution in [2.24, 2.45) is 0 Å². The topological polar surface area (TPSA) is 38.3 Å². The summed E-state index contributed by atoms with van der Waals surface area (Å²) in [6.07, 6.45) is 1.08. The molecule has 0 radical (unpaired) electrons. The van der Waals surface area contributed by atoms with Gasteiger partial charge in [-0.2, -0.15) is 0 Å². The average Bonchev–Trinajstić information content (AvgIpc) is 2.61. The molecule has 0 saturated carbocycles. The van der Waals surface area contributed by atoms with Crippen molar-refractivity contribution in [3.05, 3.63) is 57.7 Å². The average molecular weight is 379 g/mol. The van der Waals surface area contributed by atoms with Crippen LogP contribution in [0.25, 0.3) is 0 Å². The lowest BCUT2D eigenvalue weighted by Gasteiger charge is -2.15. The van der Waals surface area contributed by atoms with E-state index in [2.05, 4.69) is 27.9 Å². The molecular weight excluding hydrogens is 365 g/mol. The third-order valence-corrected chi connectivity index (χ3v) is 4.05. The lowest BCUT2D eigenvalue weighted by atomic mass is 10.1. The van der Waals surface area contributed by atoms with Crippen molar-refractivity contribution in [3.8, 4) is 5.75 Å². The number of ether oxygens (including phenoxy) is 1. The molecule has 0 fully saturated rings. The molecule has 1 N–H and O–H groups in total. The van der Waals surface area contributed by atoms with E-state index in [9.17, 15) is 4.79 Å². The Bertz CT molecular complexity index is 625. The maximum absolute atomic E-state index is 12.2. The zero-order valence-corrected chi connectivity index (χ0v) is 13.0. The number of hydrogen-bond donors (Lipinski definition) is 1. The van der Waals surface area contributed by atoms with Gasteiger partial charge in [-0.05, 0) is 71.3 Å². The molecule has 1 aliphatic heterocycles. The number of benzene rings is 2. The van der Waals surface area contributed by atoms with E-state index in [1.165, 1.54) is 0 Å². The third-order valence-electron chi connectivity index (χ3n) is 3.34. The standard InChI is InChI=1S/C16H14INO2/c17-12-6-8-13(9-7-12)20-15-10-5-11-3-1-2-4-14(11)18-16(15)19/h1-4,6-9,15H,5,10H2,(H,18,19). The fourth-order valence-corrected chi connectivity index (χ4v) is 2.64. The molecule has 0 aliphatic carbocycles. The number of aryl methyl sites for hydroxylation is 1. The van der Waals surface area contributed by atoms with Gasteiger partial charge < -0.3 is 10.1 Å². The first-order valence-electron chi connectivity index (χ1n) is 6.53. The lowest BCUT2D eigenvalue weighted by molar-refractivity contribution is -0.122. The van der Waals surface area contributed by atoms with Gasteiger partial charge in [0.2, 0.25) is 0 Å². The SMILES string of the molecule is O=C1Nc2ccccc2CCC1Oc1ccc(I)cc1. The van der Waals surface area contributed by atoms with Crippen molar-refractivity contribution in [3.63, 3.8) is 0 Å². The van der Waals surface area contributed by atoms with Crippen LogP contribution >= 0.6 is 22.6 Å². The monoisotopic (exact) mass is 379 g/mol. The van der Waals surface area contributed by atoms with Crippen LogP contribution in [0.3, 0.4) is 0 Å². The molecule has 1 unspecified atom stereocenters. The van der Waals surface area contributed by atoms with Gasteiger partial charge in [0.25, 0.3) is 5.91 Å². The summed E-state index contributed by atoms with van der Waals surface area (Å²) in [4.78, 5) is 12.2. The fraction of sp³-hybridized carbons (Fsp3) is 0.188. The lowest BCUT2D eigenvalue weighted by Crippen LogP contribution is -2.31. The van der Waals surface area contributed by atoms with Crippen LogP contribution in [0.15, 0.2) is 48.5 Å². The quantitative estimate of drug-likeness (QED) is 0.810. The Labute approximate surface area is 131 Å². The Morgan fingerprint density at radius 2 is 1.85 bits per heavy atom. The number of halogens is 1. The van der Waals surface area contributed by atoms with E-state index >= 15 is 0 Å². The van der Waals surface area contributed by atoms with Gasteiger partial charge in [0.15, 0.2) is 6.10 Å². The minimum Gasteiger partial charge on any atom is -0.481 e. The predicted molar refractivity (Wildman–Crippen MR) is 87.0 cm³/mol. The Hall–Kier alpha value is -1.56. The van der Waals surface area contributed by atoms with Gasteiger partial charge in [-0.3, -0.25) is 4.79 Å². The van der Waals surface area contributed by atoms with E-state index in [4.69, 9.17) is 4.74 Å². The van der Waals surface area contributed by atoms with Crippen molar-refractivity contribution < 1.29 is 9.53 Å². The van der Waals surface area contributed by atoms with Gasteiger partial charge in [0.1, 0.15) is 5.75 Å². The molecule has 3 nitrogen and oxygen atoms in total. The zero-order valence-electron chi connectivity index (χ0n) is 10.8. The molecule has 1 amide bonds. The Morgan fingerprint density at radius 3 is 2.65 bits per heavy atom. The molecule has 1 atom stereocenters. The molecule has 1 heterocycles. The summed E-state index contributed by atoms with van der Waals surface area (Å²) in [5, 5.41) is 2.94. The molecule has 2 aromatic carbocycles. The largest absolute Gasteiger partial charge is 0.481 e. The number of rotatable bonds is 2. The van der Waals surface area contributed by atoms with Crippen LogP contribution in [-0.2, 0) is 11.2 Å². The highest BCUT2D eigenvalue weighted by molar-refractivity contribution is 14.1. The predicted octanol–water partition coefficient (Wildman–Crippen LogP) is 3.62. The summed E-state index contributed by atoms with van der Waals surface area (Å²) < 4.78 is 6.96. The number of nitrogens with one attached hydrogen (secondary N) is 1. The smallest absolute Gasteiger partial charge is 0.265 e. The second-order valence-electron chi connectivity index (χ2n) is 4.75. The Kier molecular flexibility index (Phi) is 3.91. The molecular formula is C16H14INO2. The molecule has 3 rings (SSSR count). The summed E-state index contributed by atoms with van der Waals surface area (Å²) in [6, 6.07) is 15.6. The van der Waals surface area contributed by atoms with Gasteiger partial charge in [0, 0.05) is 9.26 Å². The maximum atomic E-state index is 12.2. The van der Waals surface area contributed by atoms with Gasteiger partial charge in [-0.1, -0.05) is 18.2 Å². The van der Waals surface area contributed by atoms with Crippen LogP contribution in [0.2, 0.25) is 0 Å². The summed E-state index contributed by atoms with van der Waals surface area (Å²) in [5.41, 5.74) is 2.06. The van der Waals surface area contributed by atoms with Crippen molar-refractivity contribution in [1.29, 1.82) is 0 Å². The number of amides is 1. The summed E-state index contributed by atoms with van der Waals surface area (Å²) in [5.74, 6) is 0.657. The molecule has 4 heteroatoms. The van der Waals surface area contributed by atoms with Crippen molar-refractivity contribution in [1.82, 2.24) is 0 Å². The molecule has 102 valence electrons. The zero-order chi connectivity index (χ0) is 13.9. The van der Waals surface area contributed by atoms with Gasteiger partial charge in [-0.15, -0.1) is 0 Å².